The van der Waals surface area contributed by atoms with Gasteiger partial charge in [-0.05, 0) is 29.8 Å². The third-order valence-electron chi connectivity index (χ3n) is 2.56. The zero-order chi connectivity index (χ0) is 14.6. The quantitative estimate of drug-likeness (QED) is 0.927. The lowest BCUT2D eigenvalue weighted by Gasteiger charge is -2.07. The summed E-state index contributed by atoms with van der Waals surface area (Å²) in [6.07, 6.45) is 3.12. The van der Waals surface area contributed by atoms with Crippen molar-refractivity contribution >= 4 is 10.0 Å². The van der Waals surface area contributed by atoms with Gasteiger partial charge in [0.05, 0.1) is 10.5 Å². The topological polar surface area (TPSA) is 82.8 Å². The summed E-state index contributed by atoms with van der Waals surface area (Å²) in [5.74, 6) is -0.751. The second-order valence-corrected chi connectivity index (χ2v) is 5.71. The number of benzene rings is 1. The van der Waals surface area contributed by atoms with E-state index in [2.05, 4.69) is 9.71 Å². The van der Waals surface area contributed by atoms with Crippen molar-refractivity contribution in [3.8, 4) is 6.07 Å². The van der Waals surface area contributed by atoms with E-state index in [-0.39, 0.29) is 17.0 Å². The second kappa shape index (κ2) is 5.77. The molecule has 1 N–H and O–H groups in total. The molecule has 20 heavy (non-hydrogen) atoms. The van der Waals surface area contributed by atoms with E-state index in [4.69, 9.17) is 5.26 Å². The number of nitriles is 1. The molecule has 5 nitrogen and oxygen atoms in total. The molecular formula is C13H10FN3O2S. The first-order valence-electron chi connectivity index (χ1n) is 5.61. The number of pyridine rings is 1. The maximum atomic E-state index is 13.2. The first-order chi connectivity index (χ1) is 9.53. The Balaban J connectivity index is 2.21. The van der Waals surface area contributed by atoms with E-state index in [9.17, 15) is 12.8 Å². The van der Waals surface area contributed by atoms with Crippen molar-refractivity contribution in [3.63, 3.8) is 0 Å². The normalized spacial score (nSPS) is 11.0. The summed E-state index contributed by atoms with van der Waals surface area (Å²) in [4.78, 5) is 3.72. The second-order valence-electron chi connectivity index (χ2n) is 3.94. The average molecular weight is 291 g/mol. The summed E-state index contributed by atoms with van der Waals surface area (Å²) in [6, 6.07) is 8.09. The number of hydrogen-bond donors (Lipinski definition) is 1. The number of halogens is 1. The maximum Gasteiger partial charge on any atom is 0.240 e. The van der Waals surface area contributed by atoms with E-state index < -0.39 is 15.8 Å². The summed E-state index contributed by atoms with van der Waals surface area (Å²) in [7, 11) is -3.80. The molecule has 0 radical (unpaired) electrons. The first kappa shape index (κ1) is 14.1. The Bertz CT molecular complexity index is 755. The van der Waals surface area contributed by atoms with Crippen LogP contribution in [0.3, 0.4) is 0 Å². The predicted molar refractivity (Wildman–Crippen MR) is 69.4 cm³/mol. The zero-order valence-corrected chi connectivity index (χ0v) is 11.1. The fraction of sp³-hybridized carbons (Fsp3) is 0.0769. The Morgan fingerprint density at radius 3 is 2.80 bits per heavy atom. The maximum absolute atomic E-state index is 13.2. The lowest BCUT2D eigenvalue weighted by molar-refractivity contribution is 0.580. The van der Waals surface area contributed by atoms with Gasteiger partial charge in [-0.25, -0.2) is 17.5 Å². The molecule has 102 valence electrons. The van der Waals surface area contributed by atoms with Crippen LogP contribution in [0.25, 0.3) is 0 Å². The van der Waals surface area contributed by atoms with Crippen LogP contribution in [-0.2, 0) is 16.6 Å². The number of sulfonamides is 1. The molecule has 0 fully saturated rings. The molecule has 2 rings (SSSR count). The molecule has 0 amide bonds. The van der Waals surface area contributed by atoms with Crippen LogP contribution >= 0.6 is 0 Å². The monoisotopic (exact) mass is 291 g/mol. The Hall–Kier alpha value is -2.30. The van der Waals surface area contributed by atoms with Gasteiger partial charge in [0.25, 0.3) is 0 Å². The Morgan fingerprint density at radius 1 is 1.35 bits per heavy atom. The molecule has 0 saturated carbocycles. The van der Waals surface area contributed by atoms with Crippen LogP contribution in [0, 0.1) is 17.1 Å². The van der Waals surface area contributed by atoms with Gasteiger partial charge in [0, 0.05) is 18.9 Å². The molecule has 7 heteroatoms. The van der Waals surface area contributed by atoms with Crippen molar-refractivity contribution in [1.29, 1.82) is 5.26 Å². The number of nitrogens with one attached hydrogen (secondary N) is 1. The van der Waals surface area contributed by atoms with Crippen LogP contribution in [0.2, 0.25) is 0 Å². The minimum atomic E-state index is -3.80. The van der Waals surface area contributed by atoms with Crippen molar-refractivity contribution in [2.45, 2.75) is 11.4 Å². The van der Waals surface area contributed by atoms with Gasteiger partial charge in [0.2, 0.25) is 10.0 Å². The molecule has 0 spiro atoms. The molecule has 0 atom stereocenters. The van der Waals surface area contributed by atoms with E-state index >= 15 is 0 Å². The minimum Gasteiger partial charge on any atom is -0.264 e. The molecule has 0 aliphatic rings. The van der Waals surface area contributed by atoms with Gasteiger partial charge in [-0.1, -0.05) is 6.07 Å². The van der Waals surface area contributed by atoms with Gasteiger partial charge < -0.3 is 0 Å². The predicted octanol–water partition coefficient (Wildman–Crippen LogP) is 1.57. The summed E-state index contributed by atoms with van der Waals surface area (Å²) < 4.78 is 39.6. The van der Waals surface area contributed by atoms with Crippen LogP contribution < -0.4 is 4.72 Å². The molecular weight excluding hydrogens is 281 g/mol. The standard InChI is InChI=1S/C13H10FN3O2S/c14-13-4-3-12(6-11(13)7-15)20(18,19)17-9-10-2-1-5-16-8-10/h1-6,8,17H,9H2. The van der Waals surface area contributed by atoms with Gasteiger partial charge in [-0.15, -0.1) is 0 Å². The molecule has 0 bridgehead atoms. The van der Waals surface area contributed by atoms with Gasteiger partial charge >= 0.3 is 0 Å². The molecule has 2 aromatic rings. The zero-order valence-electron chi connectivity index (χ0n) is 10.2. The average Bonchev–Trinajstić information content (AvgIpc) is 2.46. The lowest BCUT2D eigenvalue weighted by Crippen LogP contribution is -2.23. The van der Waals surface area contributed by atoms with Crippen molar-refractivity contribution in [3.05, 3.63) is 59.7 Å². The molecule has 0 aliphatic heterocycles. The van der Waals surface area contributed by atoms with Crippen molar-refractivity contribution < 1.29 is 12.8 Å². The summed E-state index contributed by atoms with van der Waals surface area (Å²) >= 11 is 0. The smallest absolute Gasteiger partial charge is 0.240 e. The highest BCUT2D eigenvalue weighted by molar-refractivity contribution is 7.89. The third-order valence-corrected chi connectivity index (χ3v) is 3.96. The highest BCUT2D eigenvalue weighted by atomic mass is 32.2. The minimum absolute atomic E-state index is 0.0649. The summed E-state index contributed by atoms with van der Waals surface area (Å²) in [5, 5.41) is 8.70. The summed E-state index contributed by atoms with van der Waals surface area (Å²) in [6.45, 7) is 0.0649. The Kier molecular flexibility index (Phi) is 4.08. The van der Waals surface area contributed by atoms with E-state index in [0.717, 1.165) is 18.2 Å². The Labute approximate surface area is 115 Å². The molecule has 0 unspecified atom stereocenters. The van der Waals surface area contributed by atoms with Crippen LogP contribution in [0.15, 0.2) is 47.6 Å². The van der Waals surface area contributed by atoms with Crippen LogP contribution in [-0.4, -0.2) is 13.4 Å². The van der Waals surface area contributed by atoms with Crippen LogP contribution in [0.1, 0.15) is 11.1 Å². The van der Waals surface area contributed by atoms with Gasteiger partial charge in [-0.2, -0.15) is 5.26 Å². The molecule has 1 aromatic heterocycles. The number of nitrogens with zero attached hydrogens (tertiary/aromatic N) is 2. The van der Waals surface area contributed by atoms with Gasteiger partial charge in [0.1, 0.15) is 11.9 Å². The number of rotatable bonds is 4. The molecule has 1 aromatic carbocycles. The van der Waals surface area contributed by atoms with Crippen molar-refractivity contribution in [2.24, 2.45) is 0 Å². The SMILES string of the molecule is N#Cc1cc(S(=O)(=O)NCc2cccnc2)ccc1F. The molecule has 0 saturated heterocycles. The number of hydrogen-bond acceptors (Lipinski definition) is 4. The van der Waals surface area contributed by atoms with E-state index in [1.54, 1.807) is 24.4 Å². The number of aromatic nitrogens is 1. The van der Waals surface area contributed by atoms with Gasteiger partial charge in [-0.3, -0.25) is 4.98 Å². The Morgan fingerprint density at radius 2 is 2.15 bits per heavy atom. The molecule has 1 heterocycles. The largest absolute Gasteiger partial charge is 0.264 e. The highest BCUT2D eigenvalue weighted by Gasteiger charge is 2.16. The van der Waals surface area contributed by atoms with Gasteiger partial charge in [0.15, 0.2) is 0 Å². The fourth-order valence-electron chi connectivity index (χ4n) is 1.52. The lowest BCUT2D eigenvalue weighted by atomic mass is 10.2. The van der Waals surface area contributed by atoms with E-state index in [1.807, 2.05) is 0 Å². The van der Waals surface area contributed by atoms with Crippen LogP contribution in [0.4, 0.5) is 4.39 Å². The molecule has 0 aliphatic carbocycles. The van der Waals surface area contributed by atoms with E-state index in [1.165, 1.54) is 6.20 Å². The first-order valence-corrected chi connectivity index (χ1v) is 7.09. The van der Waals surface area contributed by atoms with Crippen LogP contribution in [0.5, 0.6) is 0 Å². The third kappa shape index (κ3) is 3.17. The summed E-state index contributed by atoms with van der Waals surface area (Å²) in [5.41, 5.74) is 0.382. The van der Waals surface area contributed by atoms with Crippen molar-refractivity contribution in [2.75, 3.05) is 0 Å². The van der Waals surface area contributed by atoms with Crippen molar-refractivity contribution in [1.82, 2.24) is 9.71 Å². The highest BCUT2D eigenvalue weighted by Crippen LogP contribution is 2.14. The van der Waals surface area contributed by atoms with E-state index in [0.29, 0.717) is 5.56 Å². The fourth-order valence-corrected chi connectivity index (χ4v) is 2.57.